The minimum absolute atomic E-state index is 0.0380. The molecule has 2 amide bonds. The van der Waals surface area contributed by atoms with Gasteiger partial charge >= 0.3 is 0 Å². The highest BCUT2D eigenvalue weighted by atomic mass is 32.1. The van der Waals surface area contributed by atoms with E-state index in [-0.39, 0.29) is 18.4 Å². The Morgan fingerprint density at radius 3 is 2.67 bits per heavy atom. The molecule has 0 spiro atoms. The topological polar surface area (TPSA) is 64.7 Å². The lowest BCUT2D eigenvalue weighted by Crippen LogP contribution is -2.51. The number of carbonyl (C=O) groups is 2. The lowest BCUT2D eigenvalue weighted by Gasteiger charge is -2.27. The molecule has 2 aliphatic heterocycles. The summed E-state index contributed by atoms with van der Waals surface area (Å²) in [6.45, 7) is 2.43. The van der Waals surface area contributed by atoms with E-state index in [1.807, 2.05) is 29.2 Å². The monoisotopic (exact) mass is 406 g/mol. The van der Waals surface area contributed by atoms with Crippen LogP contribution in [0.4, 0.5) is 5.69 Å². The Morgan fingerprint density at radius 2 is 1.93 bits per heavy atom. The molecule has 8 heteroatoms. The molecule has 0 bridgehead atoms. The standard InChI is InChI=1S/C19H27N4O2PS/c24-17(22-9-3-4-10-22)13-23-11-2-1-8-16(18(23)25)21-19(27)20-14-6-5-7-15(26)12-14/h5-7,12,16H,1-4,8-11,13,26H2,(H2,20,21,27)/t16-/m1/s1. The van der Waals surface area contributed by atoms with E-state index in [4.69, 9.17) is 12.2 Å². The molecule has 0 saturated carbocycles. The fourth-order valence-corrected chi connectivity index (χ4v) is 4.12. The number of anilines is 1. The maximum atomic E-state index is 12.9. The van der Waals surface area contributed by atoms with Crippen LogP contribution in [0.15, 0.2) is 24.3 Å². The first-order valence-corrected chi connectivity index (χ1v) is 10.5. The van der Waals surface area contributed by atoms with Crippen LogP contribution in [0.1, 0.15) is 32.1 Å². The molecule has 1 aromatic carbocycles. The third-order valence-electron chi connectivity index (χ3n) is 5.02. The van der Waals surface area contributed by atoms with Gasteiger partial charge in [-0.2, -0.15) is 0 Å². The van der Waals surface area contributed by atoms with Crippen LogP contribution in [0, 0.1) is 0 Å². The summed E-state index contributed by atoms with van der Waals surface area (Å²) in [5, 5.41) is 7.76. The molecule has 27 heavy (non-hydrogen) atoms. The van der Waals surface area contributed by atoms with Crippen LogP contribution in [0.2, 0.25) is 0 Å². The van der Waals surface area contributed by atoms with Gasteiger partial charge in [-0.15, -0.1) is 9.24 Å². The first-order valence-electron chi connectivity index (χ1n) is 9.52. The summed E-state index contributed by atoms with van der Waals surface area (Å²) in [6.07, 6.45) is 4.68. The molecule has 0 radical (unpaired) electrons. The number of rotatable bonds is 4. The zero-order valence-corrected chi connectivity index (χ0v) is 17.4. The molecule has 146 valence electrons. The van der Waals surface area contributed by atoms with Crippen LogP contribution in [0.5, 0.6) is 0 Å². The average molecular weight is 406 g/mol. The Morgan fingerprint density at radius 1 is 1.19 bits per heavy atom. The van der Waals surface area contributed by atoms with Gasteiger partial charge in [0, 0.05) is 25.3 Å². The summed E-state index contributed by atoms with van der Waals surface area (Å²) in [6, 6.07) is 7.43. The second-order valence-corrected chi connectivity index (χ2v) is 8.19. The summed E-state index contributed by atoms with van der Waals surface area (Å²) in [4.78, 5) is 28.9. The highest BCUT2D eigenvalue weighted by molar-refractivity contribution is 7.80. The first-order chi connectivity index (χ1) is 13.0. The Labute approximate surface area is 168 Å². The summed E-state index contributed by atoms with van der Waals surface area (Å²) in [5.74, 6) is 0.0171. The van der Waals surface area contributed by atoms with Crippen molar-refractivity contribution in [1.29, 1.82) is 0 Å². The molecule has 3 rings (SSSR count). The van der Waals surface area contributed by atoms with Crippen LogP contribution in [0.3, 0.4) is 0 Å². The van der Waals surface area contributed by atoms with E-state index in [1.165, 1.54) is 0 Å². The zero-order chi connectivity index (χ0) is 19.2. The van der Waals surface area contributed by atoms with E-state index < -0.39 is 6.04 Å². The van der Waals surface area contributed by atoms with E-state index in [0.29, 0.717) is 11.7 Å². The number of thiocarbonyl (C=S) groups is 1. The lowest BCUT2D eigenvalue weighted by atomic mass is 10.1. The molecule has 2 fully saturated rings. The molecule has 0 aliphatic carbocycles. The minimum atomic E-state index is -0.391. The largest absolute Gasteiger partial charge is 0.351 e. The van der Waals surface area contributed by atoms with Gasteiger partial charge in [0.2, 0.25) is 11.8 Å². The van der Waals surface area contributed by atoms with Crippen molar-refractivity contribution < 1.29 is 9.59 Å². The molecule has 2 heterocycles. The average Bonchev–Trinajstić information content (AvgIpc) is 3.12. The van der Waals surface area contributed by atoms with Crippen LogP contribution >= 0.6 is 21.5 Å². The van der Waals surface area contributed by atoms with Gasteiger partial charge in [-0.05, 0) is 61.8 Å². The SMILES string of the molecule is O=C(CN1CCCC[C@@H](NC(=S)Nc2cccc(P)c2)C1=O)N1CCCC1. The fourth-order valence-electron chi connectivity index (χ4n) is 3.57. The Bertz CT molecular complexity index is 709. The number of hydrogen-bond donors (Lipinski definition) is 2. The predicted molar refractivity (Wildman–Crippen MR) is 115 cm³/mol. The molecular formula is C19H27N4O2PS. The van der Waals surface area contributed by atoms with Gasteiger partial charge in [0.05, 0.1) is 6.54 Å². The van der Waals surface area contributed by atoms with Gasteiger partial charge in [-0.3, -0.25) is 9.59 Å². The summed E-state index contributed by atoms with van der Waals surface area (Å²) < 4.78 is 0. The van der Waals surface area contributed by atoms with Crippen molar-refractivity contribution in [2.24, 2.45) is 0 Å². The predicted octanol–water partition coefficient (Wildman–Crippen LogP) is 1.48. The van der Waals surface area contributed by atoms with Crippen molar-refractivity contribution in [1.82, 2.24) is 15.1 Å². The molecule has 2 aliphatic rings. The van der Waals surface area contributed by atoms with Crippen molar-refractivity contribution in [3.63, 3.8) is 0 Å². The molecule has 6 nitrogen and oxygen atoms in total. The highest BCUT2D eigenvalue weighted by Gasteiger charge is 2.30. The van der Waals surface area contributed by atoms with E-state index in [9.17, 15) is 9.59 Å². The van der Waals surface area contributed by atoms with Gasteiger partial charge in [0.25, 0.3) is 0 Å². The molecule has 2 N–H and O–H groups in total. The van der Waals surface area contributed by atoms with Gasteiger partial charge in [-0.1, -0.05) is 12.1 Å². The number of likely N-dealkylation sites (tertiary alicyclic amines) is 2. The minimum Gasteiger partial charge on any atom is -0.351 e. The van der Waals surface area contributed by atoms with Crippen molar-refractivity contribution in [2.75, 3.05) is 31.5 Å². The van der Waals surface area contributed by atoms with E-state index in [2.05, 4.69) is 19.9 Å². The van der Waals surface area contributed by atoms with Gasteiger partial charge in [-0.25, -0.2) is 0 Å². The number of nitrogens with one attached hydrogen (secondary N) is 2. The molecule has 1 unspecified atom stereocenters. The number of benzene rings is 1. The van der Waals surface area contributed by atoms with Crippen molar-refractivity contribution in [2.45, 2.75) is 38.1 Å². The third kappa shape index (κ3) is 5.63. The molecule has 2 saturated heterocycles. The number of amides is 2. The Balaban J connectivity index is 1.57. The third-order valence-corrected chi connectivity index (χ3v) is 5.59. The van der Waals surface area contributed by atoms with Crippen LogP contribution < -0.4 is 15.9 Å². The van der Waals surface area contributed by atoms with Crippen molar-refractivity contribution in [3.05, 3.63) is 24.3 Å². The Hall–Kier alpha value is -1.72. The number of carbonyl (C=O) groups excluding carboxylic acids is 2. The van der Waals surface area contributed by atoms with Crippen LogP contribution in [-0.4, -0.2) is 58.9 Å². The van der Waals surface area contributed by atoms with Gasteiger partial charge in [0.15, 0.2) is 5.11 Å². The van der Waals surface area contributed by atoms with Gasteiger partial charge < -0.3 is 20.4 Å². The molecule has 0 aromatic heterocycles. The van der Waals surface area contributed by atoms with Crippen molar-refractivity contribution in [3.8, 4) is 0 Å². The second-order valence-electron chi connectivity index (χ2n) is 7.12. The van der Waals surface area contributed by atoms with Crippen LogP contribution in [-0.2, 0) is 9.59 Å². The molecular weight excluding hydrogens is 379 g/mol. The van der Waals surface area contributed by atoms with Crippen LogP contribution in [0.25, 0.3) is 0 Å². The normalized spacial score (nSPS) is 20.3. The van der Waals surface area contributed by atoms with Gasteiger partial charge in [0.1, 0.15) is 6.04 Å². The maximum absolute atomic E-state index is 12.9. The zero-order valence-electron chi connectivity index (χ0n) is 15.4. The Kier molecular flexibility index (Phi) is 7.02. The van der Waals surface area contributed by atoms with E-state index in [1.54, 1.807) is 4.90 Å². The second kappa shape index (κ2) is 9.47. The molecule has 2 atom stereocenters. The molecule has 1 aromatic rings. The van der Waals surface area contributed by atoms with Crippen molar-refractivity contribution >= 4 is 49.4 Å². The smallest absolute Gasteiger partial charge is 0.245 e. The highest BCUT2D eigenvalue weighted by Crippen LogP contribution is 2.15. The first kappa shape index (κ1) is 20.0. The maximum Gasteiger partial charge on any atom is 0.245 e. The van der Waals surface area contributed by atoms with E-state index >= 15 is 0 Å². The number of hydrogen-bond acceptors (Lipinski definition) is 3. The summed E-state index contributed by atoms with van der Waals surface area (Å²) in [7, 11) is 2.65. The summed E-state index contributed by atoms with van der Waals surface area (Å²) >= 11 is 5.40. The quantitative estimate of drug-likeness (QED) is 0.586. The summed E-state index contributed by atoms with van der Waals surface area (Å²) in [5.41, 5.74) is 0.877. The fraction of sp³-hybridized carbons (Fsp3) is 0.526. The lowest BCUT2D eigenvalue weighted by molar-refractivity contribution is -0.140. The van der Waals surface area contributed by atoms with E-state index in [0.717, 1.165) is 56.2 Å². The number of nitrogens with zero attached hydrogens (tertiary/aromatic N) is 2.